The molecule has 1 fully saturated rings. The molecule has 0 saturated carbocycles. The van der Waals surface area contributed by atoms with Crippen LogP contribution in [0.5, 0.6) is 0 Å². The molecule has 2 atom stereocenters. The number of esters is 1. The molecule has 1 aromatic rings. The van der Waals surface area contributed by atoms with Crippen molar-refractivity contribution in [3.05, 3.63) is 23.8 Å². The quantitative estimate of drug-likeness (QED) is 0.657. The molecule has 1 aliphatic rings. The maximum atomic E-state index is 11.9. The molecular formula is C16H25N3O2. The van der Waals surface area contributed by atoms with Gasteiger partial charge in [0.05, 0.1) is 12.2 Å². The van der Waals surface area contributed by atoms with Crippen LogP contribution in [-0.4, -0.2) is 43.7 Å². The highest BCUT2D eigenvalue weighted by Gasteiger charge is 2.24. The Morgan fingerprint density at radius 3 is 2.95 bits per heavy atom. The van der Waals surface area contributed by atoms with Gasteiger partial charge in [-0.05, 0) is 51.1 Å². The number of piperidine rings is 1. The number of nitrogens with zero attached hydrogens (tertiary/aromatic N) is 1. The van der Waals surface area contributed by atoms with E-state index in [4.69, 9.17) is 10.5 Å². The zero-order valence-electron chi connectivity index (χ0n) is 13.1. The van der Waals surface area contributed by atoms with Gasteiger partial charge in [-0.3, -0.25) is 0 Å². The van der Waals surface area contributed by atoms with E-state index in [9.17, 15) is 4.79 Å². The van der Waals surface area contributed by atoms with Gasteiger partial charge in [-0.25, -0.2) is 4.79 Å². The summed E-state index contributed by atoms with van der Waals surface area (Å²) in [6, 6.07) is 5.88. The van der Waals surface area contributed by atoms with E-state index in [0.29, 0.717) is 29.8 Å². The standard InChI is InChI=1S/C16H25N3O2/c1-4-21-16(20)13-9-12(5-6-14(13)17)18-15-7-8-19(3)10-11(15)2/h5-6,9,11,15,18H,4,7-8,10,17H2,1-3H3. The van der Waals surface area contributed by atoms with Gasteiger partial charge >= 0.3 is 5.97 Å². The zero-order valence-corrected chi connectivity index (χ0v) is 13.1. The number of hydrogen-bond acceptors (Lipinski definition) is 5. The molecule has 5 nitrogen and oxygen atoms in total. The van der Waals surface area contributed by atoms with Crippen LogP contribution in [0.1, 0.15) is 30.6 Å². The molecule has 0 bridgehead atoms. The summed E-state index contributed by atoms with van der Waals surface area (Å²) in [6.07, 6.45) is 1.09. The molecule has 0 radical (unpaired) electrons. The summed E-state index contributed by atoms with van der Waals surface area (Å²) in [7, 11) is 2.15. The highest BCUT2D eigenvalue weighted by molar-refractivity contribution is 5.96. The lowest BCUT2D eigenvalue weighted by molar-refractivity contribution is 0.0527. The molecule has 1 aliphatic heterocycles. The van der Waals surface area contributed by atoms with Gasteiger partial charge in [0.1, 0.15) is 0 Å². The minimum Gasteiger partial charge on any atom is -0.462 e. The fourth-order valence-electron chi connectivity index (χ4n) is 2.81. The van der Waals surface area contributed by atoms with E-state index in [1.54, 1.807) is 19.1 Å². The highest BCUT2D eigenvalue weighted by atomic mass is 16.5. The number of likely N-dealkylation sites (tertiary alicyclic amines) is 1. The average molecular weight is 291 g/mol. The molecule has 3 N–H and O–H groups in total. The van der Waals surface area contributed by atoms with Gasteiger partial charge in [0.15, 0.2) is 0 Å². The van der Waals surface area contributed by atoms with Crippen molar-refractivity contribution >= 4 is 17.3 Å². The first-order valence-electron chi connectivity index (χ1n) is 7.53. The van der Waals surface area contributed by atoms with Crippen LogP contribution in [0.25, 0.3) is 0 Å². The topological polar surface area (TPSA) is 67.6 Å². The monoisotopic (exact) mass is 291 g/mol. The summed E-state index contributed by atoms with van der Waals surface area (Å²) < 4.78 is 5.04. The van der Waals surface area contributed by atoms with E-state index >= 15 is 0 Å². The fraction of sp³-hybridized carbons (Fsp3) is 0.562. The Hall–Kier alpha value is -1.75. The lowest BCUT2D eigenvalue weighted by atomic mass is 9.94. The number of carbonyl (C=O) groups is 1. The average Bonchev–Trinajstić information content (AvgIpc) is 2.44. The number of carbonyl (C=O) groups excluding carboxylic acids is 1. The van der Waals surface area contributed by atoms with Crippen LogP contribution in [0.2, 0.25) is 0 Å². The molecule has 1 saturated heterocycles. The van der Waals surface area contributed by atoms with E-state index in [0.717, 1.165) is 25.2 Å². The summed E-state index contributed by atoms with van der Waals surface area (Å²) in [6.45, 7) is 6.55. The summed E-state index contributed by atoms with van der Waals surface area (Å²) in [5.74, 6) is 0.197. The van der Waals surface area contributed by atoms with Gasteiger partial charge < -0.3 is 20.7 Å². The number of nitrogens with one attached hydrogen (secondary N) is 1. The van der Waals surface area contributed by atoms with E-state index in [1.807, 2.05) is 6.07 Å². The van der Waals surface area contributed by atoms with E-state index < -0.39 is 0 Å². The van der Waals surface area contributed by atoms with Crippen molar-refractivity contribution in [2.45, 2.75) is 26.3 Å². The summed E-state index contributed by atoms with van der Waals surface area (Å²) in [5, 5.41) is 3.53. The Morgan fingerprint density at radius 2 is 2.29 bits per heavy atom. The fourth-order valence-corrected chi connectivity index (χ4v) is 2.81. The number of benzene rings is 1. The molecule has 2 rings (SSSR count). The lowest BCUT2D eigenvalue weighted by Crippen LogP contribution is -2.43. The molecule has 0 aliphatic carbocycles. The predicted molar refractivity (Wildman–Crippen MR) is 85.5 cm³/mol. The van der Waals surface area contributed by atoms with Gasteiger partial charge in [0.2, 0.25) is 0 Å². The molecule has 0 amide bonds. The number of hydrogen-bond donors (Lipinski definition) is 2. The van der Waals surface area contributed by atoms with Gasteiger partial charge in [-0.1, -0.05) is 6.92 Å². The second-order valence-electron chi connectivity index (χ2n) is 5.80. The molecule has 2 unspecified atom stereocenters. The van der Waals surface area contributed by atoms with E-state index in [1.165, 1.54) is 0 Å². The Labute approximate surface area is 126 Å². The smallest absolute Gasteiger partial charge is 0.340 e. The Balaban J connectivity index is 2.10. The van der Waals surface area contributed by atoms with Crippen molar-refractivity contribution < 1.29 is 9.53 Å². The Kier molecular flexibility index (Phi) is 5.07. The van der Waals surface area contributed by atoms with Gasteiger partial charge in [0.25, 0.3) is 0 Å². The van der Waals surface area contributed by atoms with Crippen LogP contribution in [0.3, 0.4) is 0 Å². The van der Waals surface area contributed by atoms with E-state index in [-0.39, 0.29) is 5.97 Å². The first-order valence-corrected chi connectivity index (χ1v) is 7.53. The third kappa shape index (κ3) is 3.88. The second kappa shape index (κ2) is 6.80. The molecule has 0 aromatic heterocycles. The molecule has 5 heteroatoms. The van der Waals surface area contributed by atoms with Crippen LogP contribution in [0.4, 0.5) is 11.4 Å². The zero-order chi connectivity index (χ0) is 15.4. The predicted octanol–water partition coefficient (Wildman–Crippen LogP) is 2.20. The number of anilines is 2. The number of nitrogen functional groups attached to an aromatic ring is 1. The summed E-state index contributed by atoms with van der Waals surface area (Å²) >= 11 is 0. The Morgan fingerprint density at radius 1 is 1.52 bits per heavy atom. The van der Waals surface area contributed by atoms with Crippen molar-refractivity contribution in [3.8, 4) is 0 Å². The molecule has 0 spiro atoms. The van der Waals surface area contributed by atoms with Gasteiger partial charge in [-0.15, -0.1) is 0 Å². The molecule has 116 valence electrons. The lowest BCUT2D eigenvalue weighted by Gasteiger charge is -2.35. The largest absolute Gasteiger partial charge is 0.462 e. The van der Waals surface area contributed by atoms with Crippen molar-refractivity contribution in [1.82, 2.24) is 4.90 Å². The molecular weight excluding hydrogens is 266 g/mol. The van der Waals surface area contributed by atoms with Crippen LogP contribution < -0.4 is 11.1 Å². The van der Waals surface area contributed by atoms with Crippen molar-refractivity contribution in [2.75, 3.05) is 37.8 Å². The van der Waals surface area contributed by atoms with Crippen molar-refractivity contribution in [1.29, 1.82) is 0 Å². The van der Waals surface area contributed by atoms with Gasteiger partial charge in [-0.2, -0.15) is 0 Å². The SMILES string of the molecule is CCOC(=O)c1cc(NC2CCN(C)CC2C)ccc1N. The highest BCUT2D eigenvalue weighted by Crippen LogP contribution is 2.24. The third-order valence-electron chi connectivity index (χ3n) is 4.01. The van der Waals surface area contributed by atoms with Crippen LogP contribution in [0.15, 0.2) is 18.2 Å². The van der Waals surface area contributed by atoms with Crippen LogP contribution >= 0.6 is 0 Å². The first-order chi connectivity index (χ1) is 10.0. The number of nitrogens with two attached hydrogens (primary N) is 1. The number of ether oxygens (including phenoxy) is 1. The maximum Gasteiger partial charge on any atom is 0.340 e. The minimum atomic E-state index is -0.366. The first kappa shape index (κ1) is 15.6. The third-order valence-corrected chi connectivity index (χ3v) is 4.01. The van der Waals surface area contributed by atoms with E-state index in [2.05, 4.69) is 24.2 Å². The van der Waals surface area contributed by atoms with Crippen molar-refractivity contribution in [2.24, 2.45) is 5.92 Å². The maximum absolute atomic E-state index is 11.9. The Bertz CT molecular complexity index is 504. The summed E-state index contributed by atoms with van der Waals surface area (Å²) in [4.78, 5) is 14.2. The minimum absolute atomic E-state index is 0.349. The summed E-state index contributed by atoms with van der Waals surface area (Å²) in [5.41, 5.74) is 7.68. The number of rotatable bonds is 4. The second-order valence-corrected chi connectivity index (χ2v) is 5.80. The molecule has 1 aromatic carbocycles. The van der Waals surface area contributed by atoms with Crippen LogP contribution in [0, 0.1) is 5.92 Å². The van der Waals surface area contributed by atoms with Crippen LogP contribution in [-0.2, 0) is 4.74 Å². The van der Waals surface area contributed by atoms with Gasteiger partial charge in [0, 0.05) is 24.0 Å². The van der Waals surface area contributed by atoms with Crippen molar-refractivity contribution in [3.63, 3.8) is 0 Å². The molecule has 21 heavy (non-hydrogen) atoms. The molecule has 1 heterocycles. The normalized spacial score (nSPS) is 22.8.